The molecule has 0 saturated heterocycles. The van der Waals surface area contributed by atoms with Crippen molar-refractivity contribution in [1.29, 1.82) is 0 Å². The zero-order valence-corrected chi connectivity index (χ0v) is 25.9. The number of carbonyl (C=O) groups excluding carboxylic acids is 1. The molecular weight excluding hydrogens is 510 g/mol. The van der Waals surface area contributed by atoms with Crippen LogP contribution in [0.1, 0.15) is 62.0 Å². The van der Waals surface area contributed by atoms with Gasteiger partial charge >= 0.3 is 0 Å². The zero-order chi connectivity index (χ0) is 29.7. The fourth-order valence-corrected chi connectivity index (χ4v) is 5.93. The van der Waals surface area contributed by atoms with Crippen LogP contribution < -0.4 is 14.8 Å². The van der Waals surface area contributed by atoms with Crippen LogP contribution in [-0.2, 0) is 0 Å². The summed E-state index contributed by atoms with van der Waals surface area (Å²) >= 11 is 0. The molecule has 2 aromatic rings. The molecule has 0 spiro atoms. The van der Waals surface area contributed by atoms with Gasteiger partial charge in [0.05, 0.1) is 6.07 Å². The second kappa shape index (κ2) is 13.3. The van der Waals surface area contributed by atoms with Crippen LogP contribution in [0.4, 0.5) is 5.69 Å². The third-order valence-corrected chi connectivity index (χ3v) is 8.24. The van der Waals surface area contributed by atoms with Crippen molar-refractivity contribution in [2.45, 2.75) is 54.4 Å². The van der Waals surface area contributed by atoms with Crippen molar-refractivity contribution in [2.24, 2.45) is 0 Å². The Kier molecular flexibility index (Phi) is 9.87. The summed E-state index contributed by atoms with van der Waals surface area (Å²) in [5.41, 5.74) is 7.94. The van der Waals surface area contributed by atoms with Gasteiger partial charge < -0.3 is 19.3 Å². The topological polar surface area (TPSA) is 59.9 Å². The number of aliphatic hydroxyl groups is 1. The molecule has 0 unspecified atom stereocenters. The monoisotopic (exact) mass is 556 g/mol. The van der Waals surface area contributed by atoms with E-state index in [0.29, 0.717) is 18.5 Å². The van der Waals surface area contributed by atoms with Gasteiger partial charge in [-0.15, -0.1) is 0 Å². The van der Waals surface area contributed by atoms with E-state index in [1.54, 1.807) is 4.90 Å². The van der Waals surface area contributed by atoms with Gasteiger partial charge in [0.2, 0.25) is 5.36 Å². The zero-order valence-electron chi connectivity index (χ0n) is 25.9. The summed E-state index contributed by atoms with van der Waals surface area (Å²) < 4.78 is 9.07. The lowest BCUT2D eigenvalue weighted by atomic mass is 9.89. The number of amides is 1. The second-order valence-corrected chi connectivity index (χ2v) is 10.8. The molecule has 1 aliphatic heterocycles. The predicted octanol–water partition coefficient (Wildman–Crippen LogP) is 6.32. The Morgan fingerprint density at radius 1 is 0.902 bits per heavy atom. The second-order valence-electron chi connectivity index (χ2n) is 10.8. The highest BCUT2D eigenvalue weighted by Crippen LogP contribution is 2.43. The molecule has 218 valence electrons. The first kappa shape index (κ1) is 30.3. The van der Waals surface area contributed by atoms with Gasteiger partial charge in [-0.25, -0.2) is 4.58 Å². The highest BCUT2D eigenvalue weighted by molar-refractivity contribution is 6.09. The minimum atomic E-state index is -0.0198. The van der Waals surface area contributed by atoms with E-state index in [9.17, 15) is 9.90 Å². The molecule has 2 aromatic carbocycles. The smallest absolute Gasteiger partial charge is 0.254 e. The molecule has 6 nitrogen and oxygen atoms in total. The minimum Gasteiger partial charge on any atom is -0.456 e. The maximum atomic E-state index is 13.8. The molecule has 4 rings (SSSR count). The van der Waals surface area contributed by atoms with Crippen LogP contribution in [0, 0.1) is 13.8 Å². The number of carbonyl (C=O) groups is 1. The minimum absolute atomic E-state index is 0.0198. The number of benzene rings is 3. The fourth-order valence-electron chi connectivity index (χ4n) is 5.93. The van der Waals surface area contributed by atoms with Crippen LogP contribution in [-0.4, -0.2) is 62.3 Å². The molecular formula is C35H46N3O3+. The summed E-state index contributed by atoms with van der Waals surface area (Å²) in [6, 6.07) is 16.7. The average molecular weight is 557 g/mol. The third-order valence-electron chi connectivity index (χ3n) is 8.24. The molecule has 0 bridgehead atoms. The molecule has 0 saturated carbocycles. The van der Waals surface area contributed by atoms with Gasteiger partial charge in [0.25, 0.3) is 5.91 Å². The first-order valence-corrected chi connectivity index (χ1v) is 15.1. The SMILES string of the molecule is CCN(CC)c1cc2oc3cc(=[N+](CC)CC)c(C)cc-3c(-c3ccccc3C(=O)N(C)CCCCO)c2cc1C. The van der Waals surface area contributed by atoms with Gasteiger partial charge in [-0.2, -0.15) is 0 Å². The molecule has 1 aliphatic carbocycles. The summed E-state index contributed by atoms with van der Waals surface area (Å²) in [6.45, 7) is 17.4. The maximum absolute atomic E-state index is 13.8. The Morgan fingerprint density at radius 3 is 2.27 bits per heavy atom. The van der Waals surface area contributed by atoms with Gasteiger partial charge in [0, 0.05) is 72.7 Å². The summed E-state index contributed by atoms with van der Waals surface area (Å²) in [7, 11) is 1.84. The lowest BCUT2D eigenvalue weighted by Crippen LogP contribution is -2.31. The van der Waals surface area contributed by atoms with Crippen LogP contribution in [0.2, 0.25) is 0 Å². The summed E-state index contributed by atoms with van der Waals surface area (Å²) in [4.78, 5) is 17.9. The van der Waals surface area contributed by atoms with Gasteiger partial charge in [-0.3, -0.25) is 4.79 Å². The van der Waals surface area contributed by atoms with Crippen LogP contribution in [0.3, 0.4) is 0 Å². The number of unbranched alkanes of at least 4 members (excludes halogenated alkanes) is 1. The molecule has 41 heavy (non-hydrogen) atoms. The van der Waals surface area contributed by atoms with Crippen molar-refractivity contribution in [1.82, 2.24) is 9.48 Å². The molecule has 0 radical (unpaired) electrons. The number of anilines is 1. The number of hydrogen-bond acceptors (Lipinski definition) is 4. The summed E-state index contributed by atoms with van der Waals surface area (Å²) in [5.74, 6) is 0.793. The lowest BCUT2D eigenvalue weighted by molar-refractivity contribution is 0.0791. The fraction of sp³-hybridized carbons (Fsp3) is 0.429. The Morgan fingerprint density at radius 2 is 1.61 bits per heavy atom. The summed E-state index contributed by atoms with van der Waals surface area (Å²) in [5, 5.41) is 11.4. The molecule has 0 fully saturated rings. The van der Waals surface area contributed by atoms with Gasteiger partial charge in [0.1, 0.15) is 24.4 Å². The van der Waals surface area contributed by atoms with Crippen molar-refractivity contribution in [3.05, 3.63) is 70.6 Å². The largest absolute Gasteiger partial charge is 0.456 e. The first-order valence-electron chi connectivity index (χ1n) is 15.1. The standard InChI is InChI=1S/C35H46N3O3/c1-8-37(9-2)30-22-32-28(20-24(30)5)34(29-21-25(6)31(23-33(29)41-32)38(10-3)11-4)26-16-12-13-17-27(26)35(40)36(7)18-14-15-19-39/h12-13,16-17,20-23,39H,8-11,14-15,18-19H2,1-7H3/q+1. The van der Waals surface area contributed by atoms with Crippen LogP contribution in [0.5, 0.6) is 0 Å². The van der Waals surface area contributed by atoms with Crippen LogP contribution in [0.25, 0.3) is 33.4 Å². The third kappa shape index (κ3) is 6.03. The van der Waals surface area contributed by atoms with Crippen molar-refractivity contribution in [3.63, 3.8) is 0 Å². The molecule has 1 heterocycles. The van der Waals surface area contributed by atoms with E-state index < -0.39 is 0 Å². The van der Waals surface area contributed by atoms with Crippen molar-refractivity contribution in [3.8, 4) is 22.5 Å². The number of fused-ring (bicyclic) bond motifs is 2. The Balaban J connectivity index is 2.08. The van der Waals surface area contributed by atoms with E-state index >= 15 is 0 Å². The Hall–Kier alpha value is -3.64. The quantitative estimate of drug-likeness (QED) is 0.133. The molecule has 0 aromatic heterocycles. The van der Waals surface area contributed by atoms with Gasteiger partial charge in [-0.1, -0.05) is 18.2 Å². The van der Waals surface area contributed by atoms with Crippen LogP contribution in [0.15, 0.2) is 52.9 Å². The predicted molar refractivity (Wildman–Crippen MR) is 171 cm³/mol. The first-order chi connectivity index (χ1) is 19.8. The van der Waals surface area contributed by atoms with Crippen molar-refractivity contribution in [2.75, 3.05) is 51.3 Å². The molecule has 1 N–H and O–H groups in total. The molecule has 2 aliphatic rings. The lowest BCUT2D eigenvalue weighted by Gasteiger charge is -2.25. The average Bonchev–Trinajstić information content (AvgIpc) is 2.98. The van der Waals surface area contributed by atoms with Gasteiger partial charge in [-0.05, 0) is 83.7 Å². The number of rotatable bonds is 11. The molecule has 0 atom stereocenters. The van der Waals surface area contributed by atoms with Gasteiger partial charge in [0.15, 0.2) is 0 Å². The molecule has 6 heteroatoms. The van der Waals surface area contributed by atoms with E-state index in [1.807, 2.05) is 25.2 Å². The van der Waals surface area contributed by atoms with E-state index in [-0.39, 0.29) is 12.5 Å². The summed E-state index contributed by atoms with van der Waals surface area (Å²) in [6.07, 6.45) is 1.44. The number of aryl methyl sites for hydroxylation is 2. The van der Waals surface area contributed by atoms with Crippen LogP contribution >= 0.6 is 0 Å². The number of aliphatic hydroxyl groups excluding tert-OH is 1. The van der Waals surface area contributed by atoms with E-state index in [1.165, 1.54) is 22.2 Å². The normalized spacial score (nSPS) is 11.3. The number of hydrogen-bond donors (Lipinski definition) is 1. The number of nitrogens with zero attached hydrogens (tertiary/aromatic N) is 3. The maximum Gasteiger partial charge on any atom is 0.254 e. The van der Waals surface area contributed by atoms with E-state index in [0.717, 1.165) is 66.0 Å². The highest BCUT2D eigenvalue weighted by atomic mass is 16.3. The highest BCUT2D eigenvalue weighted by Gasteiger charge is 2.25. The van der Waals surface area contributed by atoms with Crippen molar-refractivity contribution < 1.29 is 14.3 Å². The Labute approximate surface area is 244 Å². The molecule has 1 amide bonds. The van der Waals surface area contributed by atoms with E-state index in [4.69, 9.17) is 4.42 Å². The van der Waals surface area contributed by atoms with E-state index in [2.05, 4.69) is 81.3 Å². The Bertz CT molecular complexity index is 1560. The van der Waals surface area contributed by atoms with Crippen molar-refractivity contribution >= 4 is 22.6 Å².